The standard InChI is InChI=1S/C17H14BrClN2O3/c18-10-3-6-15(22)12(8-10)17(24)20-11-4-5-14(13(19)9-11)21-7-1-2-16(21)23/h3-6,8-9,22H,1-2,7H2,(H,20,24). The van der Waals surface area contributed by atoms with E-state index in [1.807, 2.05) is 0 Å². The van der Waals surface area contributed by atoms with Crippen LogP contribution in [0.3, 0.4) is 0 Å². The van der Waals surface area contributed by atoms with Gasteiger partial charge in [0.25, 0.3) is 5.91 Å². The smallest absolute Gasteiger partial charge is 0.259 e. The van der Waals surface area contributed by atoms with Gasteiger partial charge in [-0.25, -0.2) is 0 Å². The molecule has 0 aromatic heterocycles. The SMILES string of the molecule is O=C(Nc1ccc(N2CCCC2=O)c(Cl)c1)c1cc(Br)ccc1O. The van der Waals surface area contributed by atoms with Crippen LogP contribution in [0, 0.1) is 0 Å². The molecule has 0 radical (unpaired) electrons. The van der Waals surface area contributed by atoms with Crippen LogP contribution in [0.2, 0.25) is 5.02 Å². The van der Waals surface area contributed by atoms with Gasteiger partial charge in [-0.3, -0.25) is 9.59 Å². The Labute approximate surface area is 152 Å². The van der Waals surface area contributed by atoms with E-state index in [1.54, 1.807) is 29.2 Å². The summed E-state index contributed by atoms with van der Waals surface area (Å²) < 4.78 is 0.686. The number of phenolic OH excluding ortho intramolecular Hbond substituents is 1. The Morgan fingerprint density at radius 3 is 2.71 bits per heavy atom. The van der Waals surface area contributed by atoms with Crippen LogP contribution in [-0.2, 0) is 4.79 Å². The molecule has 24 heavy (non-hydrogen) atoms. The lowest BCUT2D eigenvalue weighted by Gasteiger charge is -2.18. The van der Waals surface area contributed by atoms with Gasteiger partial charge in [-0.1, -0.05) is 27.5 Å². The number of amides is 2. The largest absolute Gasteiger partial charge is 0.507 e. The first-order chi connectivity index (χ1) is 11.5. The van der Waals surface area contributed by atoms with Crippen LogP contribution in [0.25, 0.3) is 0 Å². The number of aromatic hydroxyl groups is 1. The van der Waals surface area contributed by atoms with E-state index in [9.17, 15) is 14.7 Å². The Balaban J connectivity index is 1.81. The van der Waals surface area contributed by atoms with Gasteiger partial charge < -0.3 is 15.3 Å². The topological polar surface area (TPSA) is 69.6 Å². The van der Waals surface area contributed by atoms with Crippen molar-refractivity contribution in [1.82, 2.24) is 0 Å². The van der Waals surface area contributed by atoms with Crippen molar-refractivity contribution >= 4 is 50.7 Å². The van der Waals surface area contributed by atoms with Crippen LogP contribution < -0.4 is 10.2 Å². The maximum absolute atomic E-state index is 12.3. The number of phenols is 1. The Morgan fingerprint density at radius 1 is 1.25 bits per heavy atom. The molecule has 1 fully saturated rings. The Hall–Kier alpha value is -2.05. The normalized spacial score (nSPS) is 14.1. The summed E-state index contributed by atoms with van der Waals surface area (Å²) in [5, 5.41) is 12.9. The van der Waals surface area contributed by atoms with Crippen molar-refractivity contribution in [3.8, 4) is 5.75 Å². The predicted molar refractivity (Wildman–Crippen MR) is 96.8 cm³/mol. The number of carbonyl (C=O) groups excluding carboxylic acids is 2. The number of rotatable bonds is 3. The zero-order valence-corrected chi connectivity index (χ0v) is 14.9. The average Bonchev–Trinajstić information content (AvgIpc) is 2.96. The summed E-state index contributed by atoms with van der Waals surface area (Å²) in [6, 6.07) is 9.60. The summed E-state index contributed by atoms with van der Waals surface area (Å²) in [5.74, 6) is -0.510. The van der Waals surface area contributed by atoms with Crippen molar-refractivity contribution in [2.75, 3.05) is 16.8 Å². The quantitative estimate of drug-likeness (QED) is 0.799. The highest BCUT2D eigenvalue weighted by atomic mass is 79.9. The molecule has 2 amide bonds. The van der Waals surface area contributed by atoms with E-state index in [2.05, 4.69) is 21.2 Å². The fourth-order valence-electron chi connectivity index (χ4n) is 2.59. The summed E-state index contributed by atoms with van der Waals surface area (Å²) in [7, 11) is 0. The van der Waals surface area contributed by atoms with Crippen molar-refractivity contribution in [2.24, 2.45) is 0 Å². The fraction of sp³-hybridized carbons (Fsp3) is 0.176. The number of halogens is 2. The molecule has 7 heteroatoms. The van der Waals surface area contributed by atoms with Gasteiger partial charge in [0.05, 0.1) is 16.3 Å². The van der Waals surface area contributed by atoms with Crippen LogP contribution in [-0.4, -0.2) is 23.5 Å². The predicted octanol–water partition coefficient (Wildman–Crippen LogP) is 4.19. The monoisotopic (exact) mass is 408 g/mol. The Morgan fingerprint density at radius 2 is 2.04 bits per heavy atom. The van der Waals surface area contributed by atoms with Gasteiger partial charge in [0, 0.05) is 23.1 Å². The minimum Gasteiger partial charge on any atom is -0.507 e. The molecular weight excluding hydrogens is 396 g/mol. The maximum Gasteiger partial charge on any atom is 0.259 e. The maximum atomic E-state index is 12.3. The second-order valence-electron chi connectivity index (χ2n) is 5.43. The number of hydrogen-bond donors (Lipinski definition) is 2. The molecule has 1 heterocycles. The highest BCUT2D eigenvalue weighted by Gasteiger charge is 2.23. The molecule has 2 aromatic rings. The molecule has 2 aromatic carbocycles. The number of hydrogen-bond acceptors (Lipinski definition) is 3. The van der Waals surface area contributed by atoms with Gasteiger partial charge in [-0.05, 0) is 42.8 Å². The molecular formula is C17H14BrClN2O3. The zero-order chi connectivity index (χ0) is 17.3. The van der Waals surface area contributed by atoms with Crippen molar-refractivity contribution in [3.63, 3.8) is 0 Å². The van der Waals surface area contributed by atoms with Crippen molar-refractivity contribution in [3.05, 3.63) is 51.5 Å². The highest BCUT2D eigenvalue weighted by Crippen LogP contribution is 2.32. The number of carbonyl (C=O) groups is 2. The second kappa shape index (κ2) is 6.83. The van der Waals surface area contributed by atoms with E-state index in [0.717, 1.165) is 6.42 Å². The van der Waals surface area contributed by atoms with Gasteiger partial charge in [-0.2, -0.15) is 0 Å². The van der Waals surface area contributed by atoms with Crippen molar-refractivity contribution < 1.29 is 14.7 Å². The first-order valence-corrected chi connectivity index (χ1v) is 8.52. The molecule has 0 aliphatic carbocycles. The molecule has 3 rings (SSSR count). The first kappa shape index (κ1) is 16.8. The molecule has 5 nitrogen and oxygen atoms in total. The molecule has 124 valence electrons. The lowest BCUT2D eigenvalue weighted by atomic mass is 10.2. The van der Waals surface area contributed by atoms with E-state index < -0.39 is 5.91 Å². The van der Waals surface area contributed by atoms with E-state index >= 15 is 0 Å². The number of benzene rings is 2. The summed E-state index contributed by atoms with van der Waals surface area (Å²) >= 11 is 9.52. The zero-order valence-electron chi connectivity index (χ0n) is 12.6. The Kier molecular flexibility index (Phi) is 4.78. The number of nitrogens with zero attached hydrogens (tertiary/aromatic N) is 1. The van der Waals surface area contributed by atoms with Gasteiger partial charge in [0.15, 0.2) is 0 Å². The van der Waals surface area contributed by atoms with Crippen LogP contribution in [0.5, 0.6) is 5.75 Å². The van der Waals surface area contributed by atoms with Gasteiger partial charge in [-0.15, -0.1) is 0 Å². The van der Waals surface area contributed by atoms with Gasteiger partial charge >= 0.3 is 0 Å². The van der Waals surface area contributed by atoms with E-state index in [4.69, 9.17) is 11.6 Å². The molecule has 2 N–H and O–H groups in total. The Bertz CT molecular complexity index is 825. The molecule has 1 aliphatic heterocycles. The minimum atomic E-state index is -0.449. The number of nitrogens with one attached hydrogen (secondary N) is 1. The highest BCUT2D eigenvalue weighted by molar-refractivity contribution is 9.10. The fourth-order valence-corrected chi connectivity index (χ4v) is 3.24. The van der Waals surface area contributed by atoms with Gasteiger partial charge in [0.1, 0.15) is 5.75 Å². The van der Waals surface area contributed by atoms with Crippen molar-refractivity contribution in [2.45, 2.75) is 12.8 Å². The summed E-state index contributed by atoms with van der Waals surface area (Å²) in [5.41, 5.74) is 1.28. The van der Waals surface area contributed by atoms with Crippen LogP contribution in [0.1, 0.15) is 23.2 Å². The molecule has 0 spiro atoms. The molecule has 1 aliphatic rings. The lowest BCUT2D eigenvalue weighted by molar-refractivity contribution is -0.117. The molecule has 0 unspecified atom stereocenters. The lowest BCUT2D eigenvalue weighted by Crippen LogP contribution is -2.24. The summed E-state index contributed by atoms with van der Waals surface area (Å²) in [6.45, 7) is 0.649. The number of anilines is 2. The van der Waals surface area contributed by atoms with Crippen LogP contribution in [0.15, 0.2) is 40.9 Å². The third kappa shape index (κ3) is 3.39. The van der Waals surface area contributed by atoms with Crippen LogP contribution >= 0.6 is 27.5 Å². The van der Waals surface area contributed by atoms with Crippen LogP contribution in [0.4, 0.5) is 11.4 Å². The summed E-state index contributed by atoms with van der Waals surface area (Å²) in [6.07, 6.45) is 1.34. The first-order valence-electron chi connectivity index (χ1n) is 7.35. The van der Waals surface area contributed by atoms with Gasteiger partial charge in [0.2, 0.25) is 5.91 Å². The molecule has 0 atom stereocenters. The van der Waals surface area contributed by atoms with Crippen molar-refractivity contribution in [1.29, 1.82) is 0 Å². The average molecular weight is 410 g/mol. The summed E-state index contributed by atoms with van der Waals surface area (Å²) in [4.78, 5) is 25.7. The van der Waals surface area contributed by atoms with E-state index in [-0.39, 0.29) is 17.2 Å². The van der Waals surface area contributed by atoms with E-state index in [1.165, 1.54) is 12.1 Å². The minimum absolute atomic E-state index is 0.0488. The second-order valence-corrected chi connectivity index (χ2v) is 6.75. The third-order valence-electron chi connectivity index (χ3n) is 3.77. The van der Waals surface area contributed by atoms with E-state index in [0.29, 0.717) is 33.8 Å². The molecule has 0 bridgehead atoms. The molecule has 0 saturated carbocycles. The third-order valence-corrected chi connectivity index (χ3v) is 4.57. The molecule has 1 saturated heterocycles.